The number of allylic oxidation sites excluding steroid dienone is 2. The zero-order chi connectivity index (χ0) is 8.15. The van der Waals surface area contributed by atoms with Gasteiger partial charge in [0.15, 0.2) is 0 Å². The lowest BCUT2D eigenvalue weighted by Crippen LogP contribution is -2.06. The first kappa shape index (κ1) is 9.24. The Morgan fingerprint density at radius 2 is 2.20 bits per heavy atom. The molecular weight excluding hydrogens is 128 g/mol. The summed E-state index contributed by atoms with van der Waals surface area (Å²) < 4.78 is 4.87. The molecule has 0 spiro atoms. The van der Waals surface area contributed by atoms with Crippen LogP contribution in [0.1, 0.15) is 13.8 Å². The van der Waals surface area contributed by atoms with Crippen molar-refractivity contribution in [1.82, 2.24) is 0 Å². The maximum Gasteiger partial charge on any atom is 0.124 e. The van der Waals surface area contributed by atoms with Gasteiger partial charge in [0.25, 0.3) is 0 Å². The second-order valence-electron chi connectivity index (χ2n) is 2.27. The molecule has 0 fully saturated rings. The molecule has 0 saturated carbocycles. The molecule has 58 valence electrons. The van der Waals surface area contributed by atoms with Gasteiger partial charge in [-0.25, -0.2) is 0 Å². The van der Waals surface area contributed by atoms with Crippen LogP contribution in [0.2, 0.25) is 0 Å². The molecule has 0 aliphatic heterocycles. The Kier molecular flexibility index (Phi) is 3.81. The van der Waals surface area contributed by atoms with Crippen LogP contribution in [0.3, 0.4) is 0 Å². The van der Waals surface area contributed by atoms with Crippen molar-refractivity contribution >= 4 is 0 Å². The van der Waals surface area contributed by atoms with Crippen molar-refractivity contribution in [3.63, 3.8) is 0 Å². The average Bonchev–Trinajstić information content (AvgIpc) is 1.81. The molecule has 0 rings (SSSR count). The van der Waals surface area contributed by atoms with Crippen LogP contribution in [0.15, 0.2) is 24.0 Å². The fourth-order valence-corrected chi connectivity index (χ4v) is 0.593. The molecule has 0 amide bonds. The SMILES string of the molecule is C=C(C)/C=C(\OC)C(C)O. The summed E-state index contributed by atoms with van der Waals surface area (Å²) in [4.78, 5) is 0. The van der Waals surface area contributed by atoms with E-state index < -0.39 is 6.10 Å². The van der Waals surface area contributed by atoms with Crippen LogP contribution in [0.5, 0.6) is 0 Å². The highest BCUT2D eigenvalue weighted by Crippen LogP contribution is 2.05. The molecule has 1 unspecified atom stereocenters. The second kappa shape index (κ2) is 4.12. The maximum atomic E-state index is 9.03. The van der Waals surface area contributed by atoms with E-state index in [2.05, 4.69) is 6.58 Å². The maximum absolute atomic E-state index is 9.03. The Hall–Kier alpha value is -0.760. The van der Waals surface area contributed by atoms with Crippen LogP contribution in [0.4, 0.5) is 0 Å². The quantitative estimate of drug-likeness (QED) is 0.477. The lowest BCUT2D eigenvalue weighted by Gasteiger charge is -2.07. The number of aliphatic hydroxyl groups is 1. The Labute approximate surface area is 61.8 Å². The first-order chi connectivity index (χ1) is 4.57. The molecule has 2 heteroatoms. The summed E-state index contributed by atoms with van der Waals surface area (Å²) in [6, 6.07) is 0. The standard InChI is InChI=1S/C8H14O2/c1-6(2)5-8(10-4)7(3)9/h5,7,9H,1H2,2-4H3/b8-5-. The highest BCUT2D eigenvalue weighted by Gasteiger charge is 2.02. The summed E-state index contributed by atoms with van der Waals surface area (Å²) in [7, 11) is 1.53. The zero-order valence-corrected chi connectivity index (χ0v) is 6.72. The van der Waals surface area contributed by atoms with E-state index in [1.54, 1.807) is 13.0 Å². The molecular formula is C8H14O2. The van der Waals surface area contributed by atoms with Crippen LogP contribution in [0.25, 0.3) is 0 Å². The third-order valence-corrected chi connectivity index (χ3v) is 1.04. The van der Waals surface area contributed by atoms with E-state index in [9.17, 15) is 0 Å². The fourth-order valence-electron chi connectivity index (χ4n) is 0.593. The van der Waals surface area contributed by atoms with Crippen LogP contribution in [0, 0.1) is 0 Å². The highest BCUT2D eigenvalue weighted by atomic mass is 16.5. The lowest BCUT2D eigenvalue weighted by molar-refractivity contribution is 0.142. The molecule has 1 atom stereocenters. The van der Waals surface area contributed by atoms with Gasteiger partial charge in [-0.3, -0.25) is 0 Å². The van der Waals surface area contributed by atoms with Crippen molar-refractivity contribution in [2.75, 3.05) is 7.11 Å². The van der Waals surface area contributed by atoms with Gasteiger partial charge in [0, 0.05) is 0 Å². The predicted octanol–water partition coefficient (Wildman–Crippen LogP) is 1.47. The minimum Gasteiger partial charge on any atom is -0.498 e. The zero-order valence-electron chi connectivity index (χ0n) is 6.72. The Morgan fingerprint density at radius 1 is 1.70 bits per heavy atom. The van der Waals surface area contributed by atoms with E-state index >= 15 is 0 Å². The minimum absolute atomic E-state index is 0.549. The molecule has 0 aromatic rings. The summed E-state index contributed by atoms with van der Waals surface area (Å²) >= 11 is 0. The number of ether oxygens (including phenoxy) is 1. The predicted molar refractivity (Wildman–Crippen MR) is 41.6 cm³/mol. The largest absolute Gasteiger partial charge is 0.498 e. The molecule has 0 saturated heterocycles. The van der Waals surface area contributed by atoms with Gasteiger partial charge in [-0.2, -0.15) is 0 Å². The van der Waals surface area contributed by atoms with Crippen LogP contribution in [-0.2, 0) is 4.74 Å². The van der Waals surface area contributed by atoms with E-state index in [1.165, 1.54) is 7.11 Å². The summed E-state index contributed by atoms with van der Waals surface area (Å²) in [6.07, 6.45) is 1.16. The molecule has 0 radical (unpaired) electrons. The molecule has 0 aliphatic rings. The molecule has 1 N–H and O–H groups in total. The van der Waals surface area contributed by atoms with Crippen molar-refractivity contribution < 1.29 is 9.84 Å². The van der Waals surface area contributed by atoms with Gasteiger partial charge in [-0.05, 0) is 19.9 Å². The normalized spacial score (nSPS) is 14.6. The highest BCUT2D eigenvalue weighted by molar-refractivity contribution is 5.16. The first-order valence-corrected chi connectivity index (χ1v) is 3.17. The lowest BCUT2D eigenvalue weighted by atomic mass is 10.2. The van der Waals surface area contributed by atoms with E-state index in [1.807, 2.05) is 6.92 Å². The van der Waals surface area contributed by atoms with Gasteiger partial charge in [0.1, 0.15) is 11.9 Å². The summed E-state index contributed by atoms with van der Waals surface area (Å²) in [5.74, 6) is 0.549. The molecule has 0 heterocycles. The van der Waals surface area contributed by atoms with Crippen molar-refractivity contribution in [2.45, 2.75) is 20.0 Å². The van der Waals surface area contributed by atoms with Crippen molar-refractivity contribution in [1.29, 1.82) is 0 Å². The van der Waals surface area contributed by atoms with Gasteiger partial charge in [0.05, 0.1) is 7.11 Å². The van der Waals surface area contributed by atoms with Crippen molar-refractivity contribution in [2.24, 2.45) is 0 Å². The number of aliphatic hydroxyl groups excluding tert-OH is 1. The average molecular weight is 142 g/mol. The molecule has 0 aliphatic carbocycles. The van der Waals surface area contributed by atoms with Crippen molar-refractivity contribution in [3.05, 3.63) is 24.0 Å². The Balaban J connectivity index is 4.18. The Morgan fingerprint density at radius 3 is 2.30 bits per heavy atom. The van der Waals surface area contributed by atoms with E-state index in [4.69, 9.17) is 9.84 Å². The van der Waals surface area contributed by atoms with E-state index in [0.717, 1.165) is 5.57 Å². The van der Waals surface area contributed by atoms with Crippen LogP contribution >= 0.6 is 0 Å². The summed E-state index contributed by atoms with van der Waals surface area (Å²) in [5.41, 5.74) is 0.873. The number of hydrogen-bond donors (Lipinski definition) is 1. The van der Waals surface area contributed by atoms with Gasteiger partial charge in [-0.1, -0.05) is 12.2 Å². The summed E-state index contributed by atoms with van der Waals surface area (Å²) in [5, 5.41) is 9.03. The van der Waals surface area contributed by atoms with Gasteiger partial charge in [-0.15, -0.1) is 0 Å². The third kappa shape index (κ3) is 3.30. The van der Waals surface area contributed by atoms with Gasteiger partial charge >= 0.3 is 0 Å². The van der Waals surface area contributed by atoms with Crippen LogP contribution in [-0.4, -0.2) is 18.3 Å². The van der Waals surface area contributed by atoms with Gasteiger partial charge < -0.3 is 9.84 Å². The van der Waals surface area contributed by atoms with Gasteiger partial charge in [0.2, 0.25) is 0 Å². The molecule has 0 aromatic heterocycles. The fraction of sp³-hybridized carbons (Fsp3) is 0.500. The smallest absolute Gasteiger partial charge is 0.124 e. The monoisotopic (exact) mass is 142 g/mol. The third-order valence-electron chi connectivity index (χ3n) is 1.04. The second-order valence-corrected chi connectivity index (χ2v) is 2.27. The molecule has 0 aromatic carbocycles. The minimum atomic E-state index is -0.554. The first-order valence-electron chi connectivity index (χ1n) is 3.17. The Bertz CT molecular complexity index is 145. The number of hydrogen-bond acceptors (Lipinski definition) is 2. The molecule has 0 bridgehead atoms. The topological polar surface area (TPSA) is 29.5 Å². The number of methoxy groups -OCH3 is 1. The van der Waals surface area contributed by atoms with Crippen molar-refractivity contribution in [3.8, 4) is 0 Å². The summed E-state index contributed by atoms with van der Waals surface area (Å²) in [6.45, 7) is 7.16. The van der Waals surface area contributed by atoms with E-state index in [-0.39, 0.29) is 0 Å². The number of rotatable bonds is 3. The van der Waals surface area contributed by atoms with E-state index in [0.29, 0.717) is 5.76 Å². The molecule has 2 nitrogen and oxygen atoms in total. The van der Waals surface area contributed by atoms with Crippen LogP contribution < -0.4 is 0 Å². The molecule has 10 heavy (non-hydrogen) atoms.